The molecule has 1 N–H and O–H groups in total. The fraction of sp³-hybridized carbons (Fsp3) is 0.562. The zero-order valence-corrected chi connectivity index (χ0v) is 12.5. The summed E-state index contributed by atoms with van der Waals surface area (Å²) in [5.74, 6) is 0. The second-order valence-corrected chi connectivity index (χ2v) is 5.83. The minimum atomic E-state index is 0.684. The summed E-state index contributed by atoms with van der Waals surface area (Å²) < 4.78 is 2.19. The quantitative estimate of drug-likeness (QED) is 0.926. The van der Waals surface area contributed by atoms with Gasteiger partial charge in [-0.1, -0.05) is 12.5 Å². The largest absolute Gasteiger partial charge is 0.310 e. The lowest BCUT2D eigenvalue weighted by atomic mass is 10.0. The Balaban J connectivity index is 1.63. The van der Waals surface area contributed by atoms with Crippen LogP contribution in [-0.4, -0.2) is 40.5 Å². The smallest absolute Gasteiger partial charge is 0.137 e. The van der Waals surface area contributed by atoms with E-state index < -0.39 is 0 Å². The summed E-state index contributed by atoms with van der Waals surface area (Å²) in [7, 11) is 2.24. The van der Waals surface area contributed by atoms with E-state index in [2.05, 4.69) is 51.9 Å². The van der Waals surface area contributed by atoms with Crippen LogP contribution in [0.25, 0.3) is 5.65 Å². The molecule has 20 heavy (non-hydrogen) atoms. The van der Waals surface area contributed by atoms with Crippen molar-refractivity contribution < 1.29 is 0 Å². The van der Waals surface area contributed by atoms with Gasteiger partial charge in [-0.05, 0) is 45.5 Å². The number of nitrogens with one attached hydrogen (secondary N) is 1. The number of aromatic nitrogens is 2. The minimum Gasteiger partial charge on any atom is -0.310 e. The molecule has 2 aromatic rings. The van der Waals surface area contributed by atoms with E-state index in [-0.39, 0.29) is 0 Å². The number of fused-ring (bicyclic) bond motifs is 1. The predicted molar refractivity (Wildman–Crippen MR) is 81.9 cm³/mol. The van der Waals surface area contributed by atoms with Crippen molar-refractivity contribution in [3.8, 4) is 0 Å². The van der Waals surface area contributed by atoms with Gasteiger partial charge in [0.05, 0.1) is 11.4 Å². The van der Waals surface area contributed by atoms with Crippen molar-refractivity contribution in [3.63, 3.8) is 0 Å². The lowest BCUT2D eigenvalue weighted by Gasteiger charge is -2.32. The number of imidazole rings is 1. The van der Waals surface area contributed by atoms with Crippen LogP contribution in [0.1, 0.15) is 30.7 Å². The zero-order chi connectivity index (χ0) is 13.9. The highest BCUT2D eigenvalue weighted by atomic mass is 15.2. The van der Waals surface area contributed by atoms with Gasteiger partial charge >= 0.3 is 0 Å². The number of likely N-dealkylation sites (tertiary alicyclic amines) is 1. The summed E-state index contributed by atoms with van der Waals surface area (Å²) in [6.45, 7) is 5.29. The number of pyridine rings is 1. The zero-order valence-electron chi connectivity index (χ0n) is 12.5. The topological polar surface area (TPSA) is 32.6 Å². The molecule has 0 saturated carbocycles. The average Bonchev–Trinajstić information content (AvgIpc) is 2.77. The lowest BCUT2D eigenvalue weighted by Crippen LogP contribution is -2.43. The summed E-state index contributed by atoms with van der Waals surface area (Å²) >= 11 is 0. The summed E-state index contributed by atoms with van der Waals surface area (Å²) in [5, 5.41) is 3.62. The summed E-state index contributed by atoms with van der Waals surface area (Å²) in [6.07, 6.45) is 6.12. The molecule has 1 atom stereocenters. The lowest BCUT2D eigenvalue weighted by molar-refractivity contribution is 0.181. The van der Waals surface area contributed by atoms with Crippen LogP contribution in [0.3, 0.4) is 0 Å². The molecular weight excluding hydrogens is 248 g/mol. The minimum absolute atomic E-state index is 0.684. The van der Waals surface area contributed by atoms with E-state index in [9.17, 15) is 0 Å². The van der Waals surface area contributed by atoms with Crippen LogP contribution < -0.4 is 5.32 Å². The van der Waals surface area contributed by atoms with E-state index in [1.807, 2.05) is 6.07 Å². The van der Waals surface area contributed by atoms with Gasteiger partial charge in [0.2, 0.25) is 0 Å². The van der Waals surface area contributed by atoms with Crippen LogP contribution in [0.2, 0.25) is 0 Å². The maximum Gasteiger partial charge on any atom is 0.137 e. The predicted octanol–water partition coefficient (Wildman–Crippen LogP) is 2.22. The number of nitrogens with zero attached hydrogens (tertiary/aromatic N) is 3. The number of piperidine rings is 1. The maximum atomic E-state index is 4.61. The van der Waals surface area contributed by atoms with E-state index in [0.717, 1.165) is 24.4 Å². The van der Waals surface area contributed by atoms with Crippen molar-refractivity contribution in [3.05, 3.63) is 35.8 Å². The van der Waals surface area contributed by atoms with E-state index in [0.29, 0.717) is 6.04 Å². The van der Waals surface area contributed by atoms with Crippen LogP contribution in [0.15, 0.2) is 24.4 Å². The first kappa shape index (κ1) is 13.6. The molecule has 4 heteroatoms. The van der Waals surface area contributed by atoms with Gasteiger partial charge in [0.15, 0.2) is 0 Å². The van der Waals surface area contributed by atoms with E-state index in [1.165, 1.54) is 31.5 Å². The van der Waals surface area contributed by atoms with Crippen molar-refractivity contribution in [2.75, 3.05) is 20.1 Å². The molecule has 3 heterocycles. The Morgan fingerprint density at radius 2 is 2.25 bits per heavy atom. The molecule has 3 rings (SSSR count). The molecule has 0 radical (unpaired) electrons. The van der Waals surface area contributed by atoms with Gasteiger partial charge in [0.1, 0.15) is 5.65 Å². The first-order chi connectivity index (χ1) is 9.75. The highest BCUT2D eigenvalue weighted by Gasteiger charge is 2.18. The third kappa shape index (κ3) is 2.72. The van der Waals surface area contributed by atoms with Crippen LogP contribution in [0.4, 0.5) is 0 Å². The molecule has 4 nitrogen and oxygen atoms in total. The second-order valence-electron chi connectivity index (χ2n) is 5.83. The summed E-state index contributed by atoms with van der Waals surface area (Å²) in [6, 6.07) is 6.84. The fourth-order valence-corrected chi connectivity index (χ4v) is 3.14. The van der Waals surface area contributed by atoms with Gasteiger partial charge < -0.3 is 14.6 Å². The molecule has 0 amide bonds. The highest BCUT2D eigenvalue weighted by molar-refractivity contribution is 5.42. The molecule has 1 unspecified atom stereocenters. The van der Waals surface area contributed by atoms with Crippen molar-refractivity contribution in [1.29, 1.82) is 0 Å². The Hall–Kier alpha value is -1.39. The third-order valence-electron chi connectivity index (χ3n) is 4.42. The van der Waals surface area contributed by atoms with Crippen molar-refractivity contribution in [2.45, 2.75) is 38.8 Å². The van der Waals surface area contributed by atoms with Crippen LogP contribution in [0.5, 0.6) is 0 Å². The Morgan fingerprint density at radius 3 is 3.10 bits per heavy atom. The van der Waals surface area contributed by atoms with Crippen LogP contribution in [-0.2, 0) is 6.54 Å². The molecular formula is C16H24N4. The molecule has 0 aliphatic carbocycles. The van der Waals surface area contributed by atoms with Gasteiger partial charge in [0.25, 0.3) is 0 Å². The fourth-order valence-electron chi connectivity index (χ4n) is 3.14. The average molecular weight is 272 g/mol. The summed E-state index contributed by atoms with van der Waals surface area (Å²) in [4.78, 5) is 7.09. The van der Waals surface area contributed by atoms with Crippen molar-refractivity contribution in [1.82, 2.24) is 19.6 Å². The van der Waals surface area contributed by atoms with E-state index >= 15 is 0 Å². The Morgan fingerprint density at radius 1 is 1.35 bits per heavy atom. The monoisotopic (exact) mass is 272 g/mol. The maximum absolute atomic E-state index is 4.61. The molecule has 1 aliphatic rings. The van der Waals surface area contributed by atoms with Crippen molar-refractivity contribution in [2.24, 2.45) is 0 Å². The molecule has 2 aromatic heterocycles. The number of aryl methyl sites for hydroxylation is 1. The van der Waals surface area contributed by atoms with Gasteiger partial charge in [-0.3, -0.25) is 0 Å². The van der Waals surface area contributed by atoms with Crippen LogP contribution >= 0.6 is 0 Å². The Labute approximate surface area is 120 Å². The highest BCUT2D eigenvalue weighted by Crippen LogP contribution is 2.15. The molecule has 0 aromatic carbocycles. The molecule has 108 valence electrons. The first-order valence-corrected chi connectivity index (χ1v) is 7.59. The van der Waals surface area contributed by atoms with Gasteiger partial charge in [-0.15, -0.1) is 0 Å². The van der Waals surface area contributed by atoms with Crippen LogP contribution in [0, 0.1) is 6.92 Å². The molecule has 1 saturated heterocycles. The molecule has 1 fully saturated rings. The van der Waals surface area contributed by atoms with E-state index in [1.54, 1.807) is 0 Å². The Bertz CT molecular complexity index is 575. The molecule has 0 bridgehead atoms. The van der Waals surface area contributed by atoms with E-state index in [4.69, 9.17) is 0 Å². The third-order valence-corrected chi connectivity index (χ3v) is 4.42. The van der Waals surface area contributed by atoms with Crippen molar-refractivity contribution >= 4 is 5.65 Å². The number of likely N-dealkylation sites (N-methyl/N-ethyl adjacent to an activating group) is 1. The van der Waals surface area contributed by atoms with Gasteiger partial charge in [0, 0.05) is 25.3 Å². The molecule has 0 spiro atoms. The Kier molecular flexibility index (Phi) is 4.03. The van der Waals surface area contributed by atoms with Gasteiger partial charge in [-0.2, -0.15) is 0 Å². The normalized spacial score (nSPS) is 20.6. The number of hydrogen-bond acceptors (Lipinski definition) is 3. The number of rotatable bonds is 4. The first-order valence-electron chi connectivity index (χ1n) is 7.59. The molecule has 1 aliphatic heterocycles. The standard InChI is InChI=1S/C16H24N4/c1-13-15(20-10-6-4-8-16(20)18-13)12-17-11-14-7-3-5-9-19(14)2/h4,6,8,10,14,17H,3,5,7,9,11-12H2,1-2H3. The van der Waals surface area contributed by atoms with Gasteiger partial charge in [-0.25, -0.2) is 4.98 Å². The second kappa shape index (κ2) is 5.94. The SMILES string of the molecule is Cc1nc2ccccn2c1CNCC1CCCCN1C. The number of hydrogen-bond donors (Lipinski definition) is 1. The summed E-state index contributed by atoms with van der Waals surface area (Å²) in [5.41, 5.74) is 3.44.